The van der Waals surface area contributed by atoms with E-state index >= 15 is 0 Å². The van der Waals surface area contributed by atoms with Crippen LogP contribution >= 0.6 is 11.3 Å². The second kappa shape index (κ2) is 11.7. The summed E-state index contributed by atoms with van der Waals surface area (Å²) in [6.07, 6.45) is 0. The number of nitrogens with zero attached hydrogens (tertiary/aromatic N) is 3. The van der Waals surface area contributed by atoms with Crippen molar-refractivity contribution in [1.29, 1.82) is 0 Å². The summed E-state index contributed by atoms with van der Waals surface area (Å²) in [5.41, 5.74) is 21.8. The molecule has 6 heteroatoms. The van der Waals surface area contributed by atoms with E-state index in [0.717, 1.165) is 43.5 Å². The lowest BCUT2D eigenvalue weighted by molar-refractivity contribution is 0.590. The second-order valence-corrected chi connectivity index (χ2v) is 20.2. The van der Waals surface area contributed by atoms with Crippen molar-refractivity contribution in [3.63, 3.8) is 0 Å². The Balaban J connectivity index is 1.14. The third kappa shape index (κ3) is 4.45. The predicted molar refractivity (Wildman–Crippen MR) is 262 cm³/mol. The van der Waals surface area contributed by atoms with E-state index in [-0.39, 0.29) is 17.7 Å². The van der Waals surface area contributed by atoms with E-state index < -0.39 is 0 Å². The average molecular weight is 814 g/mol. The highest BCUT2D eigenvalue weighted by Gasteiger charge is 2.46. The maximum Gasteiger partial charge on any atom is 0.333 e. The maximum absolute atomic E-state index is 6.61. The molecule has 0 bridgehead atoms. The molecule has 2 aliphatic heterocycles. The average Bonchev–Trinajstić information content (AvgIpc) is 4.02. The first-order valence-corrected chi connectivity index (χ1v) is 22.5. The minimum absolute atomic E-state index is 0.0305. The van der Waals surface area contributed by atoms with Crippen LogP contribution in [0.25, 0.3) is 92.5 Å². The number of hydrogen-bond donors (Lipinski definition) is 0. The van der Waals surface area contributed by atoms with Crippen LogP contribution in [0.15, 0.2) is 156 Å². The molecule has 62 heavy (non-hydrogen) atoms. The van der Waals surface area contributed by atoms with Crippen molar-refractivity contribution in [3.8, 4) is 38.5 Å². The quantitative estimate of drug-likeness (QED) is 0.163. The summed E-state index contributed by atoms with van der Waals surface area (Å²) in [6.45, 7) is 11.6. The Morgan fingerprint density at radius 3 is 2.24 bits per heavy atom. The zero-order valence-corrected chi connectivity index (χ0v) is 36.0. The number of furan rings is 1. The van der Waals surface area contributed by atoms with Crippen LogP contribution in [0.2, 0.25) is 0 Å². The summed E-state index contributed by atoms with van der Waals surface area (Å²) >= 11 is 1.77. The molecular weight excluding hydrogens is 774 g/mol. The summed E-state index contributed by atoms with van der Waals surface area (Å²) < 4.78 is 10.3. The molecule has 0 radical (unpaired) electrons. The smallest absolute Gasteiger partial charge is 0.333 e. The van der Waals surface area contributed by atoms with Crippen molar-refractivity contribution in [2.75, 3.05) is 4.81 Å². The molecule has 0 unspecified atom stereocenters. The first kappa shape index (κ1) is 34.8. The zero-order chi connectivity index (χ0) is 41.4. The van der Waals surface area contributed by atoms with Crippen molar-refractivity contribution in [2.45, 2.75) is 45.4 Å². The van der Waals surface area contributed by atoms with Gasteiger partial charge in [0.2, 0.25) is 0 Å². The summed E-state index contributed by atoms with van der Waals surface area (Å²) in [4.78, 5) is 8.03. The van der Waals surface area contributed by atoms with E-state index in [4.69, 9.17) is 9.40 Å². The van der Waals surface area contributed by atoms with Crippen LogP contribution in [-0.4, -0.2) is 16.4 Å². The molecule has 3 aliphatic rings. The van der Waals surface area contributed by atoms with Gasteiger partial charge in [0.1, 0.15) is 16.2 Å². The third-order valence-corrected chi connectivity index (χ3v) is 15.4. The van der Waals surface area contributed by atoms with Crippen LogP contribution in [0.1, 0.15) is 51.3 Å². The molecule has 14 rings (SSSR count). The first-order valence-electron chi connectivity index (χ1n) is 21.7. The fourth-order valence-electron chi connectivity index (χ4n) is 11.3. The molecule has 0 atom stereocenters. The van der Waals surface area contributed by atoms with Gasteiger partial charge < -0.3 is 13.8 Å². The normalized spacial score (nSPS) is 14.6. The summed E-state index contributed by atoms with van der Waals surface area (Å²) in [7, 11) is 0. The number of anilines is 2. The van der Waals surface area contributed by atoms with Gasteiger partial charge in [0.05, 0.1) is 21.3 Å². The van der Waals surface area contributed by atoms with E-state index in [2.05, 4.69) is 196 Å². The minimum Gasteiger partial charge on any atom is -0.456 e. The van der Waals surface area contributed by atoms with Crippen molar-refractivity contribution < 1.29 is 4.42 Å². The van der Waals surface area contributed by atoms with Gasteiger partial charge in [-0.25, -0.2) is 4.98 Å². The van der Waals surface area contributed by atoms with Crippen molar-refractivity contribution in [1.82, 2.24) is 9.55 Å². The van der Waals surface area contributed by atoms with E-state index in [0.29, 0.717) is 0 Å². The monoisotopic (exact) mass is 813 g/mol. The van der Waals surface area contributed by atoms with Gasteiger partial charge in [0.15, 0.2) is 0 Å². The van der Waals surface area contributed by atoms with Crippen molar-refractivity contribution in [3.05, 3.63) is 168 Å². The van der Waals surface area contributed by atoms with E-state index in [1.807, 2.05) is 0 Å². The van der Waals surface area contributed by atoms with Crippen LogP contribution in [0, 0.1) is 0 Å². The fraction of sp³-hybridized carbons (Fsp3) is 0.125. The molecule has 11 aromatic rings. The Kier molecular flexibility index (Phi) is 6.58. The van der Waals surface area contributed by atoms with E-state index in [9.17, 15) is 0 Å². The van der Waals surface area contributed by atoms with Gasteiger partial charge in [-0.1, -0.05) is 132 Å². The number of thiazole rings is 1. The van der Waals surface area contributed by atoms with Crippen LogP contribution in [-0.2, 0) is 10.8 Å². The number of fused-ring (bicyclic) bond motifs is 15. The van der Waals surface area contributed by atoms with Gasteiger partial charge in [-0.3, -0.25) is 0 Å². The topological polar surface area (TPSA) is 34.2 Å². The number of para-hydroxylation sites is 1. The minimum atomic E-state index is -0.136. The molecule has 0 N–H and O–H groups in total. The molecule has 0 amide bonds. The number of hydrogen-bond acceptors (Lipinski definition) is 4. The summed E-state index contributed by atoms with van der Waals surface area (Å²) in [5.74, 6) is 0. The highest BCUT2D eigenvalue weighted by molar-refractivity contribution is 7.21. The molecule has 8 aromatic carbocycles. The SMILES string of the molecule is CC(C)(C)c1ccc(N2B3c4cc5nc(-c6ccccc6)sc5cc4-n4c5cc6oc7ccccc7c6cc5c5ccc(c3c54)-c3cc4c(cc32)-c2ccccc2C4(C)C)cc1. The molecule has 4 nitrogen and oxygen atoms in total. The molecule has 0 saturated carbocycles. The van der Waals surface area contributed by atoms with Crippen LogP contribution in [0.5, 0.6) is 0 Å². The van der Waals surface area contributed by atoms with Crippen molar-refractivity contribution >= 4 is 94.4 Å². The molecular formula is C56H40BN3OS. The molecule has 0 fully saturated rings. The molecule has 0 saturated heterocycles. The Morgan fingerprint density at radius 2 is 1.40 bits per heavy atom. The zero-order valence-electron chi connectivity index (χ0n) is 35.2. The van der Waals surface area contributed by atoms with E-state index in [1.165, 1.54) is 87.9 Å². The summed E-state index contributed by atoms with van der Waals surface area (Å²) in [5, 5.41) is 5.83. The largest absolute Gasteiger partial charge is 0.456 e. The first-order chi connectivity index (χ1) is 30.1. The molecule has 5 heterocycles. The molecule has 0 spiro atoms. The Morgan fingerprint density at radius 1 is 0.613 bits per heavy atom. The molecule has 3 aromatic heterocycles. The van der Waals surface area contributed by atoms with Gasteiger partial charge in [0.25, 0.3) is 0 Å². The lowest BCUT2D eigenvalue weighted by atomic mass is 9.44. The lowest BCUT2D eigenvalue weighted by Crippen LogP contribution is -2.60. The van der Waals surface area contributed by atoms with Gasteiger partial charge in [-0.05, 0) is 98.3 Å². The third-order valence-electron chi connectivity index (χ3n) is 14.4. The Hall–Kier alpha value is -6.89. The predicted octanol–water partition coefficient (Wildman–Crippen LogP) is 13.8. The van der Waals surface area contributed by atoms with Crippen LogP contribution < -0.4 is 15.7 Å². The fourth-order valence-corrected chi connectivity index (χ4v) is 12.3. The number of rotatable bonds is 2. The van der Waals surface area contributed by atoms with Crippen LogP contribution in [0.4, 0.5) is 11.4 Å². The number of benzene rings is 8. The Labute approximate surface area is 363 Å². The Bertz CT molecular complexity index is 3770. The van der Waals surface area contributed by atoms with Gasteiger partial charge in [0, 0.05) is 61.2 Å². The second-order valence-electron chi connectivity index (χ2n) is 19.1. The van der Waals surface area contributed by atoms with E-state index in [1.54, 1.807) is 11.3 Å². The molecule has 294 valence electrons. The highest BCUT2D eigenvalue weighted by atomic mass is 32.1. The van der Waals surface area contributed by atoms with Crippen LogP contribution in [0.3, 0.4) is 0 Å². The van der Waals surface area contributed by atoms with Gasteiger partial charge in [-0.2, -0.15) is 0 Å². The number of aromatic nitrogens is 2. The maximum atomic E-state index is 6.61. The standard InChI is InChI=1S/C56H40BN3OS/c1-55(2,3)32-19-21-33(22-20-32)60-47-27-38-34-15-9-11-17-42(34)56(4,5)43(38)26-40(47)36-23-24-37-39-25-41-35-16-10-12-18-49(35)61-50(41)29-46(39)59-48-30-51-45(28-44(48)57(60)52(36)53(37)59)58-54(62-51)31-13-7-6-8-14-31/h6-30H,1-5H3. The van der Waals surface area contributed by atoms with Crippen molar-refractivity contribution in [2.24, 2.45) is 0 Å². The van der Waals surface area contributed by atoms with Gasteiger partial charge in [-0.15, -0.1) is 11.3 Å². The van der Waals surface area contributed by atoms with Gasteiger partial charge >= 0.3 is 6.85 Å². The molecule has 1 aliphatic carbocycles. The summed E-state index contributed by atoms with van der Waals surface area (Å²) in [6, 6.07) is 56.8. The highest BCUT2D eigenvalue weighted by Crippen LogP contribution is 2.54. The lowest BCUT2D eigenvalue weighted by Gasteiger charge is -2.42.